The molecule has 1 heterocycles. The van der Waals surface area contributed by atoms with Gasteiger partial charge in [-0.1, -0.05) is 12.2 Å². The third-order valence-electron chi connectivity index (χ3n) is 3.27. The summed E-state index contributed by atoms with van der Waals surface area (Å²) in [6, 6.07) is 0.282. The molecule has 0 spiro atoms. The van der Waals surface area contributed by atoms with E-state index in [-0.39, 0.29) is 11.9 Å². The number of carbonyl (C=O) groups is 1. The van der Waals surface area contributed by atoms with Gasteiger partial charge in [0.15, 0.2) is 0 Å². The van der Waals surface area contributed by atoms with Crippen LogP contribution in [-0.2, 0) is 4.79 Å². The minimum absolute atomic E-state index is 0.133. The van der Waals surface area contributed by atoms with E-state index in [1.54, 1.807) is 0 Å². The van der Waals surface area contributed by atoms with Crippen molar-refractivity contribution < 1.29 is 4.79 Å². The molecule has 2 rings (SSSR count). The van der Waals surface area contributed by atoms with E-state index in [2.05, 4.69) is 22.4 Å². The number of hydrogen-bond donors (Lipinski definition) is 2. The summed E-state index contributed by atoms with van der Waals surface area (Å²) in [5.41, 5.74) is 5.42. The summed E-state index contributed by atoms with van der Waals surface area (Å²) in [5, 5.41) is 3.22. The fourth-order valence-electron chi connectivity index (χ4n) is 2.45. The van der Waals surface area contributed by atoms with Crippen molar-refractivity contribution >= 4 is 5.91 Å². The van der Waals surface area contributed by atoms with Gasteiger partial charge in [-0.15, -0.1) is 0 Å². The van der Waals surface area contributed by atoms with Crippen LogP contribution in [0.25, 0.3) is 0 Å². The molecule has 4 nitrogen and oxygen atoms in total. The predicted octanol–water partition coefficient (Wildman–Crippen LogP) is -0.146. The average molecular weight is 209 g/mol. The van der Waals surface area contributed by atoms with Crippen LogP contribution in [0.1, 0.15) is 19.3 Å². The number of nitrogens with one attached hydrogen (secondary N) is 1. The van der Waals surface area contributed by atoms with Crippen LogP contribution in [0.2, 0.25) is 0 Å². The molecule has 3 N–H and O–H groups in total. The van der Waals surface area contributed by atoms with E-state index in [4.69, 9.17) is 5.73 Å². The van der Waals surface area contributed by atoms with Crippen LogP contribution in [0.5, 0.6) is 0 Å². The minimum Gasteiger partial charge on any atom is -0.368 e. The highest BCUT2D eigenvalue weighted by Crippen LogP contribution is 2.19. The van der Waals surface area contributed by atoms with Gasteiger partial charge in [-0.3, -0.25) is 9.69 Å². The highest BCUT2D eigenvalue weighted by molar-refractivity contribution is 5.80. The highest BCUT2D eigenvalue weighted by atomic mass is 16.1. The predicted molar refractivity (Wildman–Crippen MR) is 59.3 cm³/mol. The molecule has 1 fully saturated rings. The Hall–Kier alpha value is -0.870. The zero-order chi connectivity index (χ0) is 10.7. The number of hydrogen-bond acceptors (Lipinski definition) is 3. The van der Waals surface area contributed by atoms with Crippen molar-refractivity contribution in [1.29, 1.82) is 0 Å². The van der Waals surface area contributed by atoms with Crippen LogP contribution in [-0.4, -0.2) is 42.5 Å². The van der Waals surface area contributed by atoms with Crippen molar-refractivity contribution in [3.05, 3.63) is 12.2 Å². The fraction of sp³-hybridized carbons (Fsp3) is 0.727. The maximum absolute atomic E-state index is 11.3. The summed E-state index contributed by atoms with van der Waals surface area (Å²) in [7, 11) is 0. The number of nitrogens with two attached hydrogens (primary N) is 1. The summed E-state index contributed by atoms with van der Waals surface area (Å²) in [6.07, 6.45) is 7.99. The van der Waals surface area contributed by atoms with Crippen molar-refractivity contribution in [3.8, 4) is 0 Å². The molecule has 1 aliphatic carbocycles. The van der Waals surface area contributed by atoms with Crippen LogP contribution in [0, 0.1) is 0 Å². The molecule has 1 amide bonds. The number of nitrogens with zero attached hydrogens (tertiary/aromatic N) is 1. The third kappa shape index (κ3) is 2.38. The molecule has 1 saturated heterocycles. The molecule has 15 heavy (non-hydrogen) atoms. The average Bonchev–Trinajstić information content (AvgIpc) is 2.30. The van der Waals surface area contributed by atoms with Crippen molar-refractivity contribution in [2.45, 2.75) is 31.3 Å². The smallest absolute Gasteiger partial charge is 0.236 e. The first kappa shape index (κ1) is 10.6. The second-order valence-corrected chi connectivity index (χ2v) is 4.29. The zero-order valence-electron chi connectivity index (χ0n) is 8.98. The SMILES string of the molecule is NC(=O)C1CNCCN1C1C=CCCC1. The zero-order valence-corrected chi connectivity index (χ0v) is 8.98. The lowest BCUT2D eigenvalue weighted by Crippen LogP contribution is -2.59. The topological polar surface area (TPSA) is 58.4 Å². The quantitative estimate of drug-likeness (QED) is 0.622. The van der Waals surface area contributed by atoms with Gasteiger partial charge in [0, 0.05) is 25.7 Å². The number of amides is 1. The third-order valence-corrected chi connectivity index (χ3v) is 3.27. The van der Waals surface area contributed by atoms with Gasteiger partial charge in [0.05, 0.1) is 0 Å². The molecule has 0 radical (unpaired) electrons. The molecule has 2 atom stereocenters. The monoisotopic (exact) mass is 209 g/mol. The summed E-state index contributed by atoms with van der Waals surface area (Å²) in [4.78, 5) is 13.6. The van der Waals surface area contributed by atoms with Gasteiger partial charge in [-0.25, -0.2) is 0 Å². The molecular formula is C11H19N3O. The number of carbonyl (C=O) groups excluding carboxylic acids is 1. The molecule has 0 bridgehead atoms. The number of allylic oxidation sites excluding steroid dienone is 1. The first-order valence-corrected chi connectivity index (χ1v) is 5.71. The lowest BCUT2D eigenvalue weighted by atomic mass is 9.98. The van der Waals surface area contributed by atoms with E-state index in [0.29, 0.717) is 12.6 Å². The largest absolute Gasteiger partial charge is 0.368 e. The van der Waals surface area contributed by atoms with Gasteiger partial charge in [0.25, 0.3) is 0 Å². The van der Waals surface area contributed by atoms with Crippen LogP contribution < -0.4 is 11.1 Å². The van der Waals surface area contributed by atoms with E-state index >= 15 is 0 Å². The maximum atomic E-state index is 11.3. The Bertz CT molecular complexity index is 265. The number of piperazine rings is 1. The molecule has 4 heteroatoms. The van der Waals surface area contributed by atoms with Crippen molar-refractivity contribution in [3.63, 3.8) is 0 Å². The van der Waals surface area contributed by atoms with E-state index in [0.717, 1.165) is 19.5 Å². The second-order valence-electron chi connectivity index (χ2n) is 4.29. The first-order valence-electron chi connectivity index (χ1n) is 5.71. The molecule has 84 valence electrons. The summed E-state index contributed by atoms with van der Waals surface area (Å²) < 4.78 is 0. The summed E-state index contributed by atoms with van der Waals surface area (Å²) >= 11 is 0. The van der Waals surface area contributed by atoms with Crippen LogP contribution >= 0.6 is 0 Å². The Morgan fingerprint density at radius 3 is 3.07 bits per heavy atom. The Balaban J connectivity index is 2.06. The van der Waals surface area contributed by atoms with Gasteiger partial charge in [-0.2, -0.15) is 0 Å². The van der Waals surface area contributed by atoms with Gasteiger partial charge in [0.2, 0.25) is 5.91 Å². The van der Waals surface area contributed by atoms with E-state index in [1.807, 2.05) is 0 Å². The molecular weight excluding hydrogens is 190 g/mol. The van der Waals surface area contributed by atoms with E-state index < -0.39 is 0 Å². The van der Waals surface area contributed by atoms with E-state index in [9.17, 15) is 4.79 Å². The maximum Gasteiger partial charge on any atom is 0.236 e. The highest BCUT2D eigenvalue weighted by Gasteiger charge is 2.31. The Labute approximate surface area is 90.5 Å². The number of primary amides is 1. The summed E-state index contributed by atoms with van der Waals surface area (Å²) in [6.45, 7) is 2.57. The Kier molecular flexibility index (Phi) is 3.38. The second kappa shape index (κ2) is 4.77. The lowest BCUT2D eigenvalue weighted by molar-refractivity contribution is -0.124. The molecule has 0 aromatic rings. The normalized spacial score (nSPS) is 32.8. The van der Waals surface area contributed by atoms with Crippen LogP contribution in [0.4, 0.5) is 0 Å². The summed E-state index contributed by atoms with van der Waals surface area (Å²) in [5.74, 6) is -0.207. The molecule has 0 aromatic heterocycles. The standard InChI is InChI=1S/C11H19N3O/c12-11(15)10-8-13-6-7-14(10)9-4-2-1-3-5-9/h2,4,9-10,13H,1,3,5-8H2,(H2,12,15). The fourth-order valence-corrected chi connectivity index (χ4v) is 2.45. The Morgan fingerprint density at radius 2 is 2.40 bits per heavy atom. The molecule has 2 unspecified atom stereocenters. The van der Waals surface area contributed by atoms with Crippen LogP contribution in [0.3, 0.4) is 0 Å². The first-order chi connectivity index (χ1) is 7.29. The van der Waals surface area contributed by atoms with Gasteiger partial charge in [-0.05, 0) is 19.3 Å². The molecule has 0 aromatic carbocycles. The Morgan fingerprint density at radius 1 is 1.53 bits per heavy atom. The van der Waals surface area contributed by atoms with Crippen molar-refractivity contribution in [1.82, 2.24) is 10.2 Å². The molecule has 2 aliphatic rings. The van der Waals surface area contributed by atoms with Gasteiger partial charge < -0.3 is 11.1 Å². The minimum atomic E-state index is -0.207. The molecule has 1 aliphatic heterocycles. The lowest BCUT2D eigenvalue weighted by Gasteiger charge is -2.39. The number of rotatable bonds is 2. The van der Waals surface area contributed by atoms with Crippen molar-refractivity contribution in [2.24, 2.45) is 5.73 Å². The van der Waals surface area contributed by atoms with E-state index in [1.165, 1.54) is 12.8 Å². The van der Waals surface area contributed by atoms with Gasteiger partial charge in [0.1, 0.15) is 6.04 Å². The van der Waals surface area contributed by atoms with Crippen LogP contribution in [0.15, 0.2) is 12.2 Å². The van der Waals surface area contributed by atoms with Crippen molar-refractivity contribution in [2.75, 3.05) is 19.6 Å². The molecule has 0 saturated carbocycles. The van der Waals surface area contributed by atoms with Gasteiger partial charge >= 0.3 is 0 Å².